The van der Waals surface area contributed by atoms with Gasteiger partial charge in [0.1, 0.15) is 17.5 Å². The van der Waals surface area contributed by atoms with Gasteiger partial charge in [0.2, 0.25) is 0 Å². The number of carbonyl (C=O) groups is 1. The summed E-state index contributed by atoms with van der Waals surface area (Å²) in [4.78, 5) is 11.8. The standard InChI is InChI=1S/C17H26N2O3/c1-12-10-13(21-14-6-5-9-18-11-14)7-8-15(12)19-16(20)22-17(2,3)4/h7-8,10,14,18H,5-6,9,11H2,1-4H3,(H,19,20). The second kappa shape index (κ2) is 7.01. The predicted molar refractivity (Wildman–Crippen MR) is 87.6 cm³/mol. The Bertz CT molecular complexity index is 517. The normalized spacial score (nSPS) is 18.6. The largest absolute Gasteiger partial charge is 0.489 e. The molecule has 0 aromatic heterocycles. The molecule has 1 heterocycles. The number of ether oxygens (including phenoxy) is 2. The van der Waals surface area contributed by atoms with E-state index >= 15 is 0 Å². The number of piperidine rings is 1. The van der Waals surface area contributed by atoms with Gasteiger partial charge in [0.15, 0.2) is 0 Å². The summed E-state index contributed by atoms with van der Waals surface area (Å²) in [6.07, 6.45) is 1.99. The minimum atomic E-state index is -0.505. The number of aryl methyl sites for hydroxylation is 1. The molecule has 1 aromatic rings. The summed E-state index contributed by atoms with van der Waals surface area (Å²) in [6.45, 7) is 9.42. The van der Waals surface area contributed by atoms with Crippen LogP contribution in [0.2, 0.25) is 0 Å². The van der Waals surface area contributed by atoms with E-state index in [9.17, 15) is 4.79 Å². The van der Waals surface area contributed by atoms with Crippen molar-refractivity contribution < 1.29 is 14.3 Å². The molecule has 1 fully saturated rings. The summed E-state index contributed by atoms with van der Waals surface area (Å²) < 4.78 is 11.2. The fourth-order valence-electron chi connectivity index (χ4n) is 2.38. The first-order valence-electron chi connectivity index (χ1n) is 7.81. The molecule has 0 bridgehead atoms. The van der Waals surface area contributed by atoms with Gasteiger partial charge in [-0.15, -0.1) is 0 Å². The Hall–Kier alpha value is -1.75. The minimum Gasteiger partial charge on any atom is -0.489 e. The van der Waals surface area contributed by atoms with E-state index in [2.05, 4.69) is 10.6 Å². The monoisotopic (exact) mass is 306 g/mol. The number of nitrogens with one attached hydrogen (secondary N) is 2. The molecule has 1 amide bonds. The van der Waals surface area contributed by atoms with Crippen LogP contribution in [-0.2, 0) is 4.74 Å². The van der Waals surface area contributed by atoms with E-state index in [1.807, 2.05) is 45.9 Å². The fraction of sp³-hybridized carbons (Fsp3) is 0.588. The number of anilines is 1. The van der Waals surface area contributed by atoms with Gasteiger partial charge in [-0.2, -0.15) is 0 Å². The molecule has 0 aliphatic carbocycles. The van der Waals surface area contributed by atoms with Crippen LogP contribution >= 0.6 is 0 Å². The molecule has 2 N–H and O–H groups in total. The number of carbonyl (C=O) groups excluding carboxylic acids is 1. The molecule has 2 rings (SSSR count). The zero-order valence-electron chi connectivity index (χ0n) is 13.9. The summed E-state index contributed by atoms with van der Waals surface area (Å²) in [5.74, 6) is 0.834. The Morgan fingerprint density at radius 2 is 2.14 bits per heavy atom. The Morgan fingerprint density at radius 1 is 1.36 bits per heavy atom. The van der Waals surface area contributed by atoms with E-state index in [1.54, 1.807) is 0 Å². The van der Waals surface area contributed by atoms with Crippen LogP contribution in [-0.4, -0.2) is 30.9 Å². The summed E-state index contributed by atoms with van der Waals surface area (Å²) in [5.41, 5.74) is 1.19. The average molecular weight is 306 g/mol. The quantitative estimate of drug-likeness (QED) is 0.897. The molecule has 1 unspecified atom stereocenters. The molecule has 122 valence electrons. The van der Waals surface area contributed by atoms with Gasteiger partial charge in [-0.05, 0) is 70.8 Å². The lowest BCUT2D eigenvalue weighted by Crippen LogP contribution is -2.37. The molecule has 0 spiro atoms. The van der Waals surface area contributed by atoms with E-state index in [0.29, 0.717) is 0 Å². The third kappa shape index (κ3) is 5.22. The van der Waals surface area contributed by atoms with E-state index < -0.39 is 11.7 Å². The number of benzene rings is 1. The van der Waals surface area contributed by atoms with Crippen molar-refractivity contribution in [2.24, 2.45) is 0 Å². The summed E-state index contributed by atoms with van der Waals surface area (Å²) in [5, 5.41) is 6.10. The first kappa shape index (κ1) is 16.6. The highest BCUT2D eigenvalue weighted by Gasteiger charge is 2.18. The van der Waals surface area contributed by atoms with Crippen LogP contribution in [0.3, 0.4) is 0 Å². The van der Waals surface area contributed by atoms with Crippen molar-refractivity contribution in [2.75, 3.05) is 18.4 Å². The van der Waals surface area contributed by atoms with E-state index in [4.69, 9.17) is 9.47 Å². The van der Waals surface area contributed by atoms with Crippen molar-refractivity contribution in [3.05, 3.63) is 23.8 Å². The number of amides is 1. The van der Waals surface area contributed by atoms with Crippen molar-refractivity contribution in [1.29, 1.82) is 0 Å². The first-order valence-corrected chi connectivity index (χ1v) is 7.81. The van der Waals surface area contributed by atoms with Gasteiger partial charge in [0.25, 0.3) is 0 Å². The highest BCUT2D eigenvalue weighted by atomic mass is 16.6. The van der Waals surface area contributed by atoms with Gasteiger partial charge in [0, 0.05) is 12.2 Å². The highest BCUT2D eigenvalue weighted by molar-refractivity contribution is 5.86. The van der Waals surface area contributed by atoms with Gasteiger partial charge < -0.3 is 14.8 Å². The first-order chi connectivity index (χ1) is 10.3. The van der Waals surface area contributed by atoms with Crippen LogP contribution in [0.4, 0.5) is 10.5 Å². The Morgan fingerprint density at radius 3 is 2.73 bits per heavy atom. The van der Waals surface area contributed by atoms with Crippen molar-refractivity contribution in [2.45, 2.75) is 52.2 Å². The maximum atomic E-state index is 11.8. The third-order valence-electron chi connectivity index (χ3n) is 3.39. The molecule has 5 nitrogen and oxygen atoms in total. The second-order valence-electron chi connectivity index (χ2n) is 6.69. The molecule has 1 atom stereocenters. The van der Waals surface area contributed by atoms with Gasteiger partial charge in [-0.25, -0.2) is 4.79 Å². The van der Waals surface area contributed by atoms with Crippen LogP contribution in [0.1, 0.15) is 39.2 Å². The number of rotatable bonds is 3. The van der Waals surface area contributed by atoms with Crippen LogP contribution in [0.5, 0.6) is 5.75 Å². The zero-order chi connectivity index (χ0) is 16.2. The maximum Gasteiger partial charge on any atom is 0.412 e. The number of hydrogen-bond donors (Lipinski definition) is 2. The van der Waals surface area contributed by atoms with Gasteiger partial charge in [-0.1, -0.05) is 0 Å². The van der Waals surface area contributed by atoms with Crippen LogP contribution in [0.15, 0.2) is 18.2 Å². The average Bonchev–Trinajstić information content (AvgIpc) is 2.41. The molecular weight excluding hydrogens is 280 g/mol. The summed E-state index contributed by atoms with van der Waals surface area (Å²) >= 11 is 0. The van der Waals surface area contributed by atoms with Crippen molar-refractivity contribution >= 4 is 11.8 Å². The lowest BCUT2D eigenvalue weighted by atomic mass is 10.1. The molecule has 22 heavy (non-hydrogen) atoms. The van der Waals surface area contributed by atoms with Gasteiger partial charge >= 0.3 is 6.09 Å². The third-order valence-corrected chi connectivity index (χ3v) is 3.39. The molecular formula is C17H26N2O3. The Balaban J connectivity index is 1.95. The van der Waals surface area contributed by atoms with E-state index in [-0.39, 0.29) is 6.10 Å². The van der Waals surface area contributed by atoms with Crippen LogP contribution < -0.4 is 15.4 Å². The molecule has 1 aromatic carbocycles. The van der Waals surface area contributed by atoms with Crippen molar-refractivity contribution in [3.63, 3.8) is 0 Å². The molecule has 1 aliphatic rings. The van der Waals surface area contributed by atoms with Crippen LogP contribution in [0, 0.1) is 6.92 Å². The topological polar surface area (TPSA) is 59.6 Å². The lowest BCUT2D eigenvalue weighted by molar-refractivity contribution is 0.0635. The molecule has 5 heteroatoms. The van der Waals surface area contributed by atoms with Gasteiger partial charge in [0.05, 0.1) is 0 Å². The molecule has 1 aliphatic heterocycles. The minimum absolute atomic E-state index is 0.220. The fourth-order valence-corrected chi connectivity index (χ4v) is 2.38. The maximum absolute atomic E-state index is 11.8. The molecule has 1 saturated heterocycles. The van der Waals surface area contributed by atoms with Crippen molar-refractivity contribution in [3.8, 4) is 5.75 Å². The number of hydrogen-bond acceptors (Lipinski definition) is 4. The van der Waals surface area contributed by atoms with Gasteiger partial charge in [-0.3, -0.25) is 5.32 Å². The van der Waals surface area contributed by atoms with Crippen LogP contribution in [0.25, 0.3) is 0 Å². The second-order valence-corrected chi connectivity index (χ2v) is 6.69. The highest BCUT2D eigenvalue weighted by Crippen LogP contribution is 2.24. The predicted octanol–water partition coefficient (Wildman–Crippen LogP) is 3.47. The Kier molecular flexibility index (Phi) is 5.29. The molecule has 0 radical (unpaired) electrons. The van der Waals surface area contributed by atoms with E-state index in [0.717, 1.165) is 42.9 Å². The Labute approximate surface area is 132 Å². The summed E-state index contributed by atoms with van der Waals surface area (Å²) in [6, 6.07) is 5.68. The smallest absolute Gasteiger partial charge is 0.412 e. The SMILES string of the molecule is Cc1cc(OC2CCCNC2)ccc1NC(=O)OC(C)(C)C. The van der Waals surface area contributed by atoms with E-state index in [1.165, 1.54) is 0 Å². The summed E-state index contributed by atoms with van der Waals surface area (Å²) in [7, 11) is 0. The molecule has 0 saturated carbocycles. The lowest BCUT2D eigenvalue weighted by Gasteiger charge is -2.24. The zero-order valence-corrected chi connectivity index (χ0v) is 13.9. The van der Waals surface area contributed by atoms with Crippen molar-refractivity contribution in [1.82, 2.24) is 5.32 Å².